The molecule has 30 heavy (non-hydrogen) atoms. The molecule has 8 heteroatoms. The summed E-state index contributed by atoms with van der Waals surface area (Å²) in [6.45, 7) is 1.77. The van der Waals surface area contributed by atoms with Crippen molar-refractivity contribution in [3.05, 3.63) is 40.5 Å². The van der Waals surface area contributed by atoms with E-state index in [1.54, 1.807) is 0 Å². The molecule has 1 aliphatic heterocycles. The van der Waals surface area contributed by atoms with Crippen LogP contribution in [0.25, 0.3) is 22.0 Å². The third-order valence-electron chi connectivity index (χ3n) is 6.09. The fourth-order valence-corrected chi connectivity index (χ4v) is 4.77. The Labute approximate surface area is 185 Å². The van der Waals surface area contributed by atoms with Crippen molar-refractivity contribution in [2.75, 3.05) is 23.3 Å². The molecule has 0 amide bonds. The average Bonchev–Trinajstić information content (AvgIpc) is 3.41. The molecule has 3 aromatic rings. The lowest BCUT2D eigenvalue weighted by Gasteiger charge is -2.18. The van der Waals surface area contributed by atoms with Gasteiger partial charge in [-0.25, -0.2) is 4.98 Å². The summed E-state index contributed by atoms with van der Waals surface area (Å²) in [5.74, 6) is 1.69. The van der Waals surface area contributed by atoms with Crippen molar-refractivity contribution in [2.45, 2.75) is 44.2 Å². The summed E-state index contributed by atoms with van der Waals surface area (Å²) in [7, 11) is 0. The number of aromatic nitrogens is 3. The monoisotopic (exact) mass is 442 g/mol. The van der Waals surface area contributed by atoms with Crippen molar-refractivity contribution in [1.29, 1.82) is 0 Å². The molecular weight excluding hydrogens is 419 g/mol. The summed E-state index contributed by atoms with van der Waals surface area (Å²) in [6.07, 6.45) is 7.63. The van der Waals surface area contributed by atoms with E-state index in [-0.39, 0.29) is 6.04 Å². The predicted octanol–water partition coefficient (Wildman–Crippen LogP) is 4.89. The Hall–Kier alpha value is -2.15. The van der Waals surface area contributed by atoms with Gasteiger partial charge < -0.3 is 16.0 Å². The van der Waals surface area contributed by atoms with Crippen LogP contribution in [-0.4, -0.2) is 40.4 Å². The van der Waals surface area contributed by atoms with Crippen LogP contribution in [0.15, 0.2) is 30.5 Å². The molecule has 2 aliphatic rings. The molecule has 1 aromatic carbocycles. The van der Waals surface area contributed by atoms with Crippen LogP contribution in [-0.2, 0) is 0 Å². The molecule has 0 spiro atoms. The highest BCUT2D eigenvalue weighted by Gasteiger charge is 2.21. The largest absolute Gasteiger partial charge is 0.365 e. The minimum atomic E-state index is 0.216. The first kappa shape index (κ1) is 19.8. The Morgan fingerprint density at radius 1 is 1.00 bits per heavy atom. The Morgan fingerprint density at radius 2 is 1.77 bits per heavy atom. The number of pyridine rings is 1. The van der Waals surface area contributed by atoms with Gasteiger partial charge in [0.2, 0.25) is 0 Å². The molecule has 3 N–H and O–H groups in total. The van der Waals surface area contributed by atoms with E-state index in [1.807, 2.05) is 30.5 Å². The van der Waals surface area contributed by atoms with Crippen LogP contribution in [0.3, 0.4) is 0 Å². The number of hydrogen-bond donors (Lipinski definition) is 2. The van der Waals surface area contributed by atoms with E-state index in [2.05, 4.69) is 25.4 Å². The maximum atomic E-state index is 6.36. The molecule has 1 unspecified atom stereocenters. The molecule has 0 radical (unpaired) electrons. The van der Waals surface area contributed by atoms with E-state index in [4.69, 9.17) is 28.9 Å². The fraction of sp³-hybridized carbons (Fsp3) is 0.409. The van der Waals surface area contributed by atoms with Crippen LogP contribution in [0.4, 0.5) is 11.6 Å². The molecule has 0 bridgehead atoms. The van der Waals surface area contributed by atoms with E-state index in [1.165, 1.54) is 12.8 Å². The minimum Gasteiger partial charge on any atom is -0.365 e. The predicted molar refractivity (Wildman–Crippen MR) is 123 cm³/mol. The van der Waals surface area contributed by atoms with E-state index in [0.29, 0.717) is 16.1 Å². The van der Waals surface area contributed by atoms with Crippen LogP contribution in [0.5, 0.6) is 0 Å². The molecule has 1 aliphatic carbocycles. The SMILES string of the molecule is NC1CCN(c2ccc(-c3nnc(NC4CCCC4)c4cc(Cl)c(Cl)cc34)cn2)C1. The lowest BCUT2D eigenvalue weighted by atomic mass is 10.1. The third kappa shape index (κ3) is 3.80. The van der Waals surface area contributed by atoms with Gasteiger partial charge in [-0.2, -0.15) is 0 Å². The second kappa shape index (κ2) is 8.17. The van der Waals surface area contributed by atoms with Crippen molar-refractivity contribution < 1.29 is 0 Å². The van der Waals surface area contributed by atoms with Gasteiger partial charge in [0.25, 0.3) is 0 Å². The second-order valence-corrected chi connectivity index (χ2v) is 9.05. The zero-order valence-electron chi connectivity index (χ0n) is 16.6. The number of rotatable bonds is 4. The first-order valence-corrected chi connectivity index (χ1v) is 11.2. The van der Waals surface area contributed by atoms with Gasteiger partial charge in [0, 0.05) is 47.7 Å². The molecule has 1 saturated carbocycles. The summed E-state index contributed by atoms with van der Waals surface area (Å²) < 4.78 is 0. The number of fused-ring (bicyclic) bond motifs is 1. The zero-order valence-corrected chi connectivity index (χ0v) is 18.1. The van der Waals surface area contributed by atoms with Gasteiger partial charge in [-0.05, 0) is 43.5 Å². The number of benzene rings is 1. The summed E-state index contributed by atoms with van der Waals surface area (Å²) in [5.41, 5.74) is 7.67. The standard InChI is InChI=1S/C22H24Cl2N6/c23-18-9-16-17(10-19(18)24)22(27-15-3-1-2-4-15)29-28-21(16)13-5-6-20(26-11-13)30-8-7-14(25)12-30/h5-6,9-11,14-15H,1-4,7-8,12,25H2,(H,27,29). The van der Waals surface area contributed by atoms with E-state index >= 15 is 0 Å². The number of anilines is 2. The molecule has 2 aromatic heterocycles. The maximum absolute atomic E-state index is 6.36. The van der Waals surface area contributed by atoms with Crippen molar-refractivity contribution in [3.8, 4) is 11.3 Å². The topological polar surface area (TPSA) is 80.0 Å². The Morgan fingerprint density at radius 3 is 2.43 bits per heavy atom. The highest BCUT2D eigenvalue weighted by atomic mass is 35.5. The quantitative estimate of drug-likeness (QED) is 0.598. The number of hydrogen-bond acceptors (Lipinski definition) is 6. The summed E-state index contributed by atoms with van der Waals surface area (Å²) >= 11 is 12.7. The molecule has 6 nitrogen and oxygen atoms in total. The van der Waals surface area contributed by atoms with Gasteiger partial charge in [-0.3, -0.25) is 0 Å². The van der Waals surface area contributed by atoms with Crippen molar-refractivity contribution >= 4 is 45.6 Å². The zero-order chi connectivity index (χ0) is 20.7. The van der Waals surface area contributed by atoms with Crippen LogP contribution >= 0.6 is 23.2 Å². The van der Waals surface area contributed by atoms with Crippen LogP contribution < -0.4 is 16.0 Å². The first-order valence-electron chi connectivity index (χ1n) is 10.5. The normalized spacial score (nSPS) is 19.7. The van der Waals surface area contributed by atoms with Gasteiger partial charge in [-0.15, -0.1) is 10.2 Å². The highest BCUT2D eigenvalue weighted by molar-refractivity contribution is 6.43. The minimum absolute atomic E-state index is 0.216. The molecule has 1 saturated heterocycles. The summed E-state index contributed by atoms with van der Waals surface area (Å²) in [6, 6.07) is 8.44. The molecule has 2 fully saturated rings. The van der Waals surface area contributed by atoms with Crippen molar-refractivity contribution in [2.24, 2.45) is 5.73 Å². The molecule has 3 heterocycles. The second-order valence-electron chi connectivity index (χ2n) is 8.23. The van der Waals surface area contributed by atoms with Crippen LogP contribution in [0.2, 0.25) is 10.0 Å². The molecule has 156 valence electrons. The van der Waals surface area contributed by atoms with Crippen molar-refractivity contribution in [1.82, 2.24) is 15.2 Å². The Bertz CT molecular complexity index is 1070. The number of halogens is 2. The van der Waals surface area contributed by atoms with Gasteiger partial charge in [0.05, 0.1) is 10.0 Å². The highest BCUT2D eigenvalue weighted by Crippen LogP contribution is 2.36. The van der Waals surface area contributed by atoms with E-state index in [9.17, 15) is 0 Å². The molecular formula is C22H24Cl2N6. The van der Waals surface area contributed by atoms with Crippen LogP contribution in [0.1, 0.15) is 32.1 Å². The van der Waals surface area contributed by atoms with Gasteiger partial charge >= 0.3 is 0 Å². The van der Waals surface area contributed by atoms with Crippen LogP contribution in [0, 0.1) is 0 Å². The summed E-state index contributed by atoms with van der Waals surface area (Å²) in [4.78, 5) is 6.86. The molecule has 1 atom stereocenters. The lowest BCUT2D eigenvalue weighted by molar-refractivity contribution is 0.748. The Kier molecular flexibility index (Phi) is 5.39. The number of nitrogens with two attached hydrogens (primary N) is 1. The number of nitrogens with zero attached hydrogens (tertiary/aromatic N) is 4. The molecule has 5 rings (SSSR count). The Balaban J connectivity index is 1.53. The average molecular weight is 443 g/mol. The van der Waals surface area contributed by atoms with E-state index in [0.717, 1.165) is 66.0 Å². The van der Waals surface area contributed by atoms with E-state index < -0.39 is 0 Å². The number of nitrogens with one attached hydrogen (secondary N) is 1. The van der Waals surface area contributed by atoms with Gasteiger partial charge in [0.1, 0.15) is 11.5 Å². The fourth-order valence-electron chi connectivity index (χ4n) is 4.44. The first-order chi connectivity index (χ1) is 14.6. The van der Waals surface area contributed by atoms with Gasteiger partial charge in [0.15, 0.2) is 5.82 Å². The summed E-state index contributed by atoms with van der Waals surface area (Å²) in [5, 5.41) is 15.5. The third-order valence-corrected chi connectivity index (χ3v) is 6.81. The smallest absolute Gasteiger partial charge is 0.156 e. The van der Waals surface area contributed by atoms with Gasteiger partial charge in [-0.1, -0.05) is 36.0 Å². The lowest BCUT2D eigenvalue weighted by Crippen LogP contribution is -2.26. The van der Waals surface area contributed by atoms with Crippen molar-refractivity contribution in [3.63, 3.8) is 0 Å². The maximum Gasteiger partial charge on any atom is 0.156 e.